The summed E-state index contributed by atoms with van der Waals surface area (Å²) in [5, 5.41) is 0. The summed E-state index contributed by atoms with van der Waals surface area (Å²) in [6.07, 6.45) is 0. The van der Waals surface area contributed by atoms with E-state index in [1.807, 2.05) is 0 Å². The first-order valence-corrected chi connectivity index (χ1v) is 3.28. The van der Waals surface area contributed by atoms with Crippen LogP contribution in [-0.4, -0.2) is 4.21 Å². The van der Waals surface area contributed by atoms with Crippen molar-refractivity contribution in [2.24, 2.45) is 0 Å². The van der Waals surface area contributed by atoms with E-state index in [9.17, 15) is 0 Å². The SMILES string of the molecule is C.C.O=S(Cl)Cl. The predicted molar refractivity (Wildman–Crippen MR) is 33.3 cm³/mol. The molecular formula is C2H8Cl2OS. The lowest BCUT2D eigenvalue weighted by Gasteiger charge is -1.50. The van der Waals surface area contributed by atoms with Crippen LogP contribution < -0.4 is 0 Å². The fourth-order valence-corrected chi connectivity index (χ4v) is 0. The van der Waals surface area contributed by atoms with Gasteiger partial charge in [0.2, 0.25) is 9.23 Å². The molecule has 0 amide bonds. The molecule has 0 aliphatic heterocycles. The molecule has 0 aliphatic carbocycles. The Morgan fingerprint density at radius 2 is 1.17 bits per heavy atom. The van der Waals surface area contributed by atoms with Crippen molar-refractivity contribution in [3.05, 3.63) is 0 Å². The van der Waals surface area contributed by atoms with Gasteiger partial charge in [0.25, 0.3) is 0 Å². The smallest absolute Gasteiger partial charge is 0.211 e. The molecule has 0 aliphatic rings. The van der Waals surface area contributed by atoms with Gasteiger partial charge in [0.05, 0.1) is 0 Å². The lowest BCUT2D eigenvalue weighted by Crippen LogP contribution is -1.41. The molecule has 0 bridgehead atoms. The normalized spacial score (nSPS) is 5.83. The Morgan fingerprint density at radius 1 is 1.17 bits per heavy atom. The second-order valence-electron chi connectivity index (χ2n) is 0.184. The molecule has 4 heteroatoms. The summed E-state index contributed by atoms with van der Waals surface area (Å²) >= 11 is 0. The molecule has 0 rings (SSSR count). The summed E-state index contributed by atoms with van der Waals surface area (Å²) in [6.45, 7) is 0. The van der Waals surface area contributed by atoms with E-state index in [0.717, 1.165) is 0 Å². The van der Waals surface area contributed by atoms with Crippen LogP contribution in [0.15, 0.2) is 0 Å². The zero-order chi connectivity index (χ0) is 3.58. The summed E-state index contributed by atoms with van der Waals surface area (Å²) in [7, 11) is 7.36. The largest absolute Gasteiger partial charge is 0.225 e. The van der Waals surface area contributed by atoms with Gasteiger partial charge < -0.3 is 0 Å². The molecule has 0 saturated heterocycles. The predicted octanol–water partition coefficient (Wildman–Crippen LogP) is 2.31. The van der Waals surface area contributed by atoms with Gasteiger partial charge in [-0.3, -0.25) is 0 Å². The Kier molecular flexibility index (Phi) is 24.4. The van der Waals surface area contributed by atoms with E-state index < -0.39 is 9.23 Å². The maximum absolute atomic E-state index is 9.09. The summed E-state index contributed by atoms with van der Waals surface area (Å²) in [4.78, 5) is 0. The van der Waals surface area contributed by atoms with Crippen LogP contribution in [0, 0.1) is 0 Å². The molecule has 0 spiro atoms. The molecule has 0 radical (unpaired) electrons. The minimum Gasteiger partial charge on any atom is -0.225 e. The molecule has 42 valence electrons. The number of hydrogen-bond donors (Lipinski definition) is 0. The molecule has 0 fully saturated rings. The van der Waals surface area contributed by atoms with Gasteiger partial charge in [0.15, 0.2) is 0 Å². The first kappa shape index (κ1) is 15.9. The first-order valence-electron chi connectivity index (χ1n) is 0.475. The topological polar surface area (TPSA) is 17.1 Å². The van der Waals surface area contributed by atoms with E-state index in [1.165, 1.54) is 0 Å². The Balaban J connectivity index is -0.0000000450. The molecule has 0 atom stereocenters. The van der Waals surface area contributed by atoms with Crippen LogP contribution in [0.4, 0.5) is 0 Å². The van der Waals surface area contributed by atoms with E-state index in [2.05, 4.69) is 21.4 Å². The second-order valence-corrected chi connectivity index (χ2v) is 2.71. The quantitative estimate of drug-likeness (QED) is 0.485. The van der Waals surface area contributed by atoms with Gasteiger partial charge >= 0.3 is 0 Å². The molecule has 6 heavy (non-hydrogen) atoms. The van der Waals surface area contributed by atoms with Gasteiger partial charge in [-0.1, -0.05) is 14.9 Å². The van der Waals surface area contributed by atoms with Gasteiger partial charge in [-0.05, 0) is 0 Å². The summed E-state index contributed by atoms with van der Waals surface area (Å²) in [5.41, 5.74) is 0. The van der Waals surface area contributed by atoms with Crippen molar-refractivity contribution in [3.63, 3.8) is 0 Å². The van der Waals surface area contributed by atoms with Crippen molar-refractivity contribution in [2.45, 2.75) is 14.9 Å². The summed E-state index contributed by atoms with van der Waals surface area (Å²) in [5.74, 6) is 0. The Morgan fingerprint density at radius 3 is 1.17 bits per heavy atom. The van der Waals surface area contributed by atoms with Gasteiger partial charge in [-0.25, -0.2) is 4.21 Å². The third-order valence-corrected chi connectivity index (χ3v) is 0. The van der Waals surface area contributed by atoms with E-state index in [-0.39, 0.29) is 14.9 Å². The molecule has 0 N–H and O–H groups in total. The molecule has 0 aromatic heterocycles. The van der Waals surface area contributed by atoms with Gasteiger partial charge in [0.1, 0.15) is 0 Å². The number of halogens is 2. The van der Waals surface area contributed by atoms with Crippen LogP contribution >= 0.6 is 21.4 Å². The van der Waals surface area contributed by atoms with E-state index >= 15 is 0 Å². The molecule has 1 nitrogen and oxygen atoms in total. The van der Waals surface area contributed by atoms with Crippen molar-refractivity contribution in [1.29, 1.82) is 0 Å². The van der Waals surface area contributed by atoms with Gasteiger partial charge in [0, 0.05) is 21.4 Å². The number of hydrogen-bond acceptors (Lipinski definition) is 1. The maximum atomic E-state index is 9.09. The van der Waals surface area contributed by atoms with Crippen molar-refractivity contribution in [2.75, 3.05) is 0 Å². The zero-order valence-electron chi connectivity index (χ0n) is 1.57. The zero-order valence-corrected chi connectivity index (χ0v) is 3.90. The van der Waals surface area contributed by atoms with Gasteiger partial charge in [-0.2, -0.15) is 0 Å². The maximum Gasteiger partial charge on any atom is 0.211 e. The molecule has 0 unspecified atom stereocenters. The monoisotopic (exact) mass is 150 g/mol. The highest BCUT2D eigenvalue weighted by molar-refractivity contribution is 8.26. The lowest BCUT2D eigenvalue weighted by molar-refractivity contribution is 0.698. The van der Waals surface area contributed by atoms with E-state index in [1.54, 1.807) is 0 Å². The molecule has 0 saturated carbocycles. The second kappa shape index (κ2) is 9.21. The Hall–Kier alpha value is 0.730. The van der Waals surface area contributed by atoms with Crippen LogP contribution in [0.3, 0.4) is 0 Å². The van der Waals surface area contributed by atoms with Crippen molar-refractivity contribution in [3.8, 4) is 0 Å². The fourth-order valence-electron chi connectivity index (χ4n) is 0. The Labute approximate surface area is 50.1 Å². The first-order chi connectivity index (χ1) is 1.73. The third kappa shape index (κ3) is 123. The highest BCUT2D eigenvalue weighted by Crippen LogP contribution is 1.89. The minimum absolute atomic E-state index is 0. The fraction of sp³-hybridized carbons (Fsp3) is 1.00. The van der Waals surface area contributed by atoms with Crippen molar-refractivity contribution < 1.29 is 4.21 Å². The highest BCUT2D eigenvalue weighted by Gasteiger charge is 1.67. The van der Waals surface area contributed by atoms with Crippen LogP contribution in [0.2, 0.25) is 0 Å². The summed E-state index contributed by atoms with van der Waals surface area (Å²) in [6, 6.07) is 0. The third-order valence-electron chi connectivity index (χ3n) is 0. The average Bonchev–Trinajstić information content (AvgIpc) is 0.811. The average molecular weight is 151 g/mol. The van der Waals surface area contributed by atoms with Crippen molar-refractivity contribution >= 4 is 30.6 Å². The molecule has 0 heterocycles. The number of rotatable bonds is 0. The van der Waals surface area contributed by atoms with Crippen LogP contribution in [0.25, 0.3) is 0 Å². The van der Waals surface area contributed by atoms with Crippen LogP contribution in [-0.2, 0) is 9.23 Å². The summed E-state index contributed by atoms with van der Waals surface area (Å²) < 4.78 is 9.09. The Bertz CT molecular complexity index is 34.5. The molecule has 0 aromatic rings. The van der Waals surface area contributed by atoms with Crippen LogP contribution in [0.1, 0.15) is 14.9 Å². The molecule has 0 aromatic carbocycles. The minimum atomic E-state index is -1.67. The van der Waals surface area contributed by atoms with Crippen molar-refractivity contribution in [1.82, 2.24) is 0 Å². The van der Waals surface area contributed by atoms with Gasteiger partial charge in [-0.15, -0.1) is 0 Å². The lowest BCUT2D eigenvalue weighted by atomic mass is 12.0. The van der Waals surface area contributed by atoms with E-state index in [4.69, 9.17) is 4.21 Å². The highest BCUT2D eigenvalue weighted by atomic mass is 36.0. The molecular weight excluding hydrogens is 143 g/mol. The van der Waals surface area contributed by atoms with Crippen LogP contribution in [0.5, 0.6) is 0 Å². The van der Waals surface area contributed by atoms with E-state index in [0.29, 0.717) is 0 Å². The standard InChI is InChI=1S/2CH4.Cl2OS/c;;1-4(2)3/h2*1H4;.